The summed E-state index contributed by atoms with van der Waals surface area (Å²) in [6.07, 6.45) is 0.697. The van der Waals surface area contributed by atoms with Crippen molar-refractivity contribution in [1.82, 2.24) is 36.0 Å². The summed E-state index contributed by atoms with van der Waals surface area (Å²) in [7, 11) is 8.44. The Kier molecular flexibility index (Phi) is 30.5. The van der Waals surface area contributed by atoms with Gasteiger partial charge in [-0.3, -0.25) is 43.3 Å². The van der Waals surface area contributed by atoms with Crippen LogP contribution in [0.25, 0.3) is 0 Å². The number of likely N-dealkylation sites (N-methyl/N-ethyl adjacent to an activating group) is 2. The Bertz CT molecular complexity index is 2310. The van der Waals surface area contributed by atoms with Crippen LogP contribution in [-0.2, 0) is 58.9 Å². The molecule has 3 rings (SSSR count). The minimum Gasteiger partial charge on any atom is -0.379 e. The fourth-order valence-electron chi connectivity index (χ4n) is 10.1. The van der Waals surface area contributed by atoms with Crippen LogP contribution in [0.2, 0.25) is 0 Å². The van der Waals surface area contributed by atoms with Crippen LogP contribution in [0, 0.1) is 23.7 Å². The summed E-state index contributed by atoms with van der Waals surface area (Å²) in [5, 5.41) is 16.7. The number of methoxy groups -OCH3 is 2. The maximum absolute atomic E-state index is 14.5. The van der Waals surface area contributed by atoms with E-state index in [-0.39, 0.29) is 117 Å². The molecular formula is C57H89Cl2N9O12. The van der Waals surface area contributed by atoms with Crippen LogP contribution in [0.1, 0.15) is 90.1 Å². The highest BCUT2D eigenvalue weighted by Crippen LogP contribution is 2.30. The smallest absolute Gasteiger partial charge is 0.251 e. The van der Waals surface area contributed by atoms with Gasteiger partial charge in [0.05, 0.1) is 80.5 Å². The van der Waals surface area contributed by atoms with Crippen molar-refractivity contribution in [2.24, 2.45) is 23.7 Å². The standard InChI is InChI=1S/C57H89Cl2N9O12/c1-13-37(6)51(67(10)57(76)49(35(2)3)65-56(75)50(36(4)5)66(8)9)45(77-11)32-48(71)68-25-17-20-44(68)52(78-12)38(7)53(72)64-43(30-39-18-15-14-16-19-39)55(74)61-24-27-80-29-28-79-26-23-60-54(73)40-21-22-41(62-46(69)33-58)42(31-40)63-47(70)34-59/h14-16,18-19,21-22,31,35-38,43-45,49-52H,13,17,20,23-30,32-34H2,1-12H3,(H,60,73)(H,61,74)(H,62,69)(H,63,70)(H,64,72)(H,65,75)/t37-,38+,43+,44-,45+,49+,50-,51-,52+/m0/s1. The number of carbonyl (C=O) groups is 8. The van der Waals surface area contributed by atoms with Gasteiger partial charge in [0.25, 0.3) is 5.91 Å². The van der Waals surface area contributed by atoms with Crippen molar-refractivity contribution in [3.8, 4) is 0 Å². The molecule has 1 fully saturated rings. The molecule has 1 saturated heterocycles. The Morgan fingerprint density at radius 2 is 1.34 bits per heavy atom. The molecule has 0 saturated carbocycles. The molecule has 0 unspecified atom stereocenters. The van der Waals surface area contributed by atoms with Crippen LogP contribution in [0.3, 0.4) is 0 Å². The van der Waals surface area contributed by atoms with Gasteiger partial charge in [0.2, 0.25) is 41.4 Å². The van der Waals surface area contributed by atoms with Gasteiger partial charge in [-0.15, -0.1) is 23.2 Å². The van der Waals surface area contributed by atoms with Gasteiger partial charge in [-0.25, -0.2) is 0 Å². The maximum atomic E-state index is 14.5. The predicted molar refractivity (Wildman–Crippen MR) is 309 cm³/mol. The minimum atomic E-state index is -0.955. The molecule has 0 spiro atoms. The van der Waals surface area contributed by atoms with Gasteiger partial charge < -0.3 is 60.6 Å². The normalized spacial score (nSPS) is 16.4. The molecule has 2 aromatic rings. The number of alkyl halides is 2. The van der Waals surface area contributed by atoms with Crippen molar-refractivity contribution < 1.29 is 57.3 Å². The zero-order valence-electron chi connectivity index (χ0n) is 48.9. The van der Waals surface area contributed by atoms with Crippen molar-refractivity contribution >= 4 is 81.8 Å². The lowest BCUT2D eigenvalue weighted by Crippen LogP contribution is -2.59. The molecule has 6 N–H and O–H groups in total. The number of likely N-dealkylation sites (tertiary alicyclic amines) is 1. The van der Waals surface area contributed by atoms with E-state index in [1.54, 1.807) is 23.8 Å². The van der Waals surface area contributed by atoms with Gasteiger partial charge >= 0.3 is 0 Å². The molecule has 448 valence electrons. The summed E-state index contributed by atoms with van der Waals surface area (Å²) in [5.74, 6) is -4.73. The molecule has 23 heteroatoms. The van der Waals surface area contributed by atoms with E-state index in [1.807, 2.05) is 90.9 Å². The van der Waals surface area contributed by atoms with Crippen LogP contribution in [0.4, 0.5) is 11.4 Å². The van der Waals surface area contributed by atoms with E-state index in [1.165, 1.54) is 32.4 Å². The number of anilines is 2. The summed E-state index contributed by atoms with van der Waals surface area (Å²) < 4.78 is 23.4. The number of hydrogen-bond donors (Lipinski definition) is 6. The highest BCUT2D eigenvalue weighted by atomic mass is 35.5. The number of amides is 8. The number of benzene rings is 2. The van der Waals surface area contributed by atoms with Crippen LogP contribution in [0.5, 0.6) is 0 Å². The third-order valence-corrected chi connectivity index (χ3v) is 14.9. The topological polar surface area (TPSA) is 255 Å². The molecule has 0 bridgehead atoms. The van der Waals surface area contributed by atoms with Crippen molar-refractivity contribution in [2.75, 3.05) is 104 Å². The fourth-order valence-corrected chi connectivity index (χ4v) is 10.2. The molecule has 1 aliphatic rings. The van der Waals surface area contributed by atoms with Crippen molar-refractivity contribution in [3.05, 3.63) is 59.7 Å². The number of nitrogens with one attached hydrogen (secondary N) is 6. The van der Waals surface area contributed by atoms with Gasteiger partial charge in [0, 0.05) is 52.9 Å². The fraction of sp³-hybridized carbons (Fsp3) is 0.649. The largest absolute Gasteiger partial charge is 0.379 e. The maximum Gasteiger partial charge on any atom is 0.251 e. The first-order chi connectivity index (χ1) is 38.0. The Morgan fingerprint density at radius 3 is 1.89 bits per heavy atom. The summed E-state index contributed by atoms with van der Waals surface area (Å²) in [4.78, 5) is 112. The second-order valence-corrected chi connectivity index (χ2v) is 21.7. The molecule has 1 aliphatic heterocycles. The van der Waals surface area contributed by atoms with E-state index in [9.17, 15) is 38.4 Å². The first-order valence-corrected chi connectivity index (χ1v) is 28.6. The number of rotatable bonds is 35. The molecule has 9 atom stereocenters. The van der Waals surface area contributed by atoms with E-state index >= 15 is 0 Å². The zero-order chi connectivity index (χ0) is 59.6. The summed E-state index contributed by atoms with van der Waals surface area (Å²) >= 11 is 11.2. The van der Waals surface area contributed by atoms with Gasteiger partial charge in [0.15, 0.2) is 0 Å². The molecule has 0 aromatic heterocycles. The van der Waals surface area contributed by atoms with Crippen molar-refractivity contribution in [1.29, 1.82) is 0 Å². The molecule has 0 aliphatic carbocycles. The summed E-state index contributed by atoms with van der Waals surface area (Å²) in [6.45, 7) is 14.9. The Balaban J connectivity index is 1.60. The highest BCUT2D eigenvalue weighted by molar-refractivity contribution is 6.30. The van der Waals surface area contributed by atoms with E-state index < -0.39 is 77.9 Å². The quantitative estimate of drug-likeness (QED) is 0.0417. The SMILES string of the molecule is CC[C@H](C)[C@@H]([C@@H](CC(=O)N1CCC[C@H]1[C@H](OC)[C@@H](C)C(=O)N[C@H](Cc1ccccc1)C(=O)NCCOCCOCCNC(=O)c1ccc(NC(=O)CCl)c(NC(=O)CCl)c1)OC)N(C)C(=O)[C@H](NC(=O)[C@H](C(C)C)N(C)C)C(C)C. The van der Waals surface area contributed by atoms with Crippen LogP contribution in [0.15, 0.2) is 48.5 Å². The Labute approximate surface area is 483 Å². The molecule has 80 heavy (non-hydrogen) atoms. The molecule has 0 radical (unpaired) electrons. The highest BCUT2D eigenvalue weighted by Gasteiger charge is 2.43. The van der Waals surface area contributed by atoms with E-state index in [4.69, 9.17) is 42.1 Å². The summed E-state index contributed by atoms with van der Waals surface area (Å²) in [5.41, 5.74) is 1.48. The lowest BCUT2D eigenvalue weighted by Gasteiger charge is -2.41. The first-order valence-electron chi connectivity index (χ1n) is 27.5. The second-order valence-electron chi connectivity index (χ2n) is 21.1. The zero-order valence-corrected chi connectivity index (χ0v) is 50.4. The van der Waals surface area contributed by atoms with Gasteiger partial charge in [-0.1, -0.05) is 85.2 Å². The third-order valence-electron chi connectivity index (χ3n) is 14.4. The van der Waals surface area contributed by atoms with Gasteiger partial charge in [-0.05, 0) is 68.5 Å². The number of halogens is 2. The number of ether oxygens (including phenoxy) is 4. The number of hydrogen-bond acceptors (Lipinski definition) is 13. The van der Waals surface area contributed by atoms with E-state index in [0.717, 1.165) is 5.56 Å². The lowest BCUT2D eigenvalue weighted by molar-refractivity contribution is -0.148. The average molecular weight is 1160 g/mol. The first kappa shape index (κ1) is 68.9. The second kappa shape index (κ2) is 35.4. The monoisotopic (exact) mass is 1160 g/mol. The minimum absolute atomic E-state index is 0.00936. The van der Waals surface area contributed by atoms with Crippen LogP contribution >= 0.6 is 23.2 Å². The van der Waals surface area contributed by atoms with Gasteiger partial charge in [-0.2, -0.15) is 0 Å². The molecule has 8 amide bonds. The predicted octanol–water partition coefficient (Wildman–Crippen LogP) is 4.30. The molecule has 1 heterocycles. The summed E-state index contributed by atoms with van der Waals surface area (Å²) in [6, 6.07) is 10.5. The average Bonchev–Trinajstić information content (AvgIpc) is 3.98. The lowest BCUT2D eigenvalue weighted by atomic mass is 9.89. The number of carbonyl (C=O) groups excluding carboxylic acids is 8. The third kappa shape index (κ3) is 21.2. The van der Waals surface area contributed by atoms with E-state index in [0.29, 0.717) is 25.8 Å². The molecule has 2 aromatic carbocycles. The van der Waals surface area contributed by atoms with Crippen molar-refractivity contribution in [3.63, 3.8) is 0 Å². The molecular weight excluding hydrogens is 1070 g/mol. The van der Waals surface area contributed by atoms with E-state index in [2.05, 4.69) is 31.9 Å². The van der Waals surface area contributed by atoms with Gasteiger partial charge in [0.1, 0.15) is 23.8 Å². The number of nitrogens with zero attached hydrogens (tertiary/aromatic N) is 3. The Hall–Kier alpha value is -5.42. The Morgan fingerprint density at radius 1 is 0.725 bits per heavy atom. The van der Waals surface area contributed by atoms with Crippen LogP contribution in [-0.4, -0.2) is 198 Å². The molecule has 21 nitrogen and oxygen atoms in total. The van der Waals surface area contributed by atoms with Crippen molar-refractivity contribution in [2.45, 2.75) is 123 Å². The van der Waals surface area contributed by atoms with Crippen LogP contribution < -0.4 is 31.9 Å².